The van der Waals surface area contributed by atoms with E-state index in [0.717, 1.165) is 23.0 Å². The van der Waals surface area contributed by atoms with Crippen molar-refractivity contribution in [3.05, 3.63) is 45.1 Å². The Balaban J connectivity index is 1.91. The number of hydrogen-bond donors (Lipinski definition) is 2. The monoisotopic (exact) mass is 277 g/mol. The Morgan fingerprint density at radius 2 is 2.17 bits per heavy atom. The lowest BCUT2D eigenvalue weighted by molar-refractivity contribution is 1.04. The van der Waals surface area contributed by atoms with Gasteiger partial charge in [-0.15, -0.1) is 11.3 Å². The van der Waals surface area contributed by atoms with E-state index in [-0.39, 0.29) is 0 Å². The van der Waals surface area contributed by atoms with E-state index >= 15 is 0 Å². The number of hydrogen-bond acceptors (Lipinski definition) is 4. The standard InChI is InChI=1S/C13H12ClN3S/c14-13-4-3-11(18-13)5-6-17-10-2-1-9(8-15)12(16)7-10/h1-4,7,17H,5-6,16H2. The van der Waals surface area contributed by atoms with Crippen LogP contribution in [-0.2, 0) is 6.42 Å². The Bertz CT molecular complexity index is 586. The second-order valence-corrected chi connectivity index (χ2v) is 5.60. The molecule has 0 saturated heterocycles. The third kappa shape index (κ3) is 3.16. The number of nitrogen functional groups attached to an aromatic ring is 1. The molecular weight excluding hydrogens is 266 g/mol. The van der Waals surface area contributed by atoms with Crippen LogP contribution in [0.4, 0.5) is 11.4 Å². The first kappa shape index (κ1) is 12.7. The molecule has 1 aromatic heterocycles. The van der Waals surface area contributed by atoms with Crippen LogP contribution in [0.5, 0.6) is 0 Å². The fourth-order valence-electron chi connectivity index (χ4n) is 1.59. The number of nitrogens with one attached hydrogen (secondary N) is 1. The molecule has 5 heteroatoms. The molecule has 0 saturated carbocycles. The molecule has 2 aromatic rings. The zero-order chi connectivity index (χ0) is 13.0. The summed E-state index contributed by atoms with van der Waals surface area (Å²) in [4.78, 5) is 1.24. The van der Waals surface area contributed by atoms with Crippen molar-refractivity contribution in [1.82, 2.24) is 0 Å². The summed E-state index contributed by atoms with van der Waals surface area (Å²) in [5, 5.41) is 12.0. The Morgan fingerprint density at radius 3 is 2.78 bits per heavy atom. The molecule has 3 nitrogen and oxygen atoms in total. The summed E-state index contributed by atoms with van der Waals surface area (Å²) in [6, 6.07) is 11.3. The smallest absolute Gasteiger partial charge is 0.101 e. The average Bonchev–Trinajstić information content (AvgIpc) is 2.75. The predicted molar refractivity (Wildman–Crippen MR) is 77.1 cm³/mol. The number of nitrogens with zero attached hydrogens (tertiary/aromatic N) is 1. The Kier molecular flexibility index (Phi) is 4.08. The van der Waals surface area contributed by atoms with Crippen LogP contribution in [0.25, 0.3) is 0 Å². The van der Waals surface area contributed by atoms with Gasteiger partial charge < -0.3 is 11.1 Å². The van der Waals surface area contributed by atoms with Gasteiger partial charge in [0.05, 0.1) is 15.6 Å². The molecule has 0 fully saturated rings. The summed E-state index contributed by atoms with van der Waals surface area (Å²) < 4.78 is 0.813. The van der Waals surface area contributed by atoms with Crippen LogP contribution in [0.15, 0.2) is 30.3 Å². The van der Waals surface area contributed by atoms with Crippen LogP contribution in [-0.4, -0.2) is 6.54 Å². The number of halogens is 1. The van der Waals surface area contributed by atoms with E-state index in [0.29, 0.717) is 11.3 Å². The molecule has 0 atom stereocenters. The first-order valence-electron chi connectivity index (χ1n) is 5.47. The van der Waals surface area contributed by atoms with Gasteiger partial charge in [-0.25, -0.2) is 0 Å². The van der Waals surface area contributed by atoms with E-state index in [9.17, 15) is 0 Å². The first-order valence-corrected chi connectivity index (χ1v) is 6.66. The lowest BCUT2D eigenvalue weighted by Gasteiger charge is -2.07. The molecule has 0 aliphatic carbocycles. The van der Waals surface area contributed by atoms with E-state index in [2.05, 4.69) is 5.32 Å². The zero-order valence-electron chi connectivity index (χ0n) is 9.61. The minimum Gasteiger partial charge on any atom is -0.398 e. The van der Waals surface area contributed by atoms with Crippen molar-refractivity contribution in [2.45, 2.75) is 6.42 Å². The highest BCUT2D eigenvalue weighted by Gasteiger charge is 2.01. The molecule has 0 spiro atoms. The van der Waals surface area contributed by atoms with Gasteiger partial charge in [-0.05, 0) is 36.8 Å². The largest absolute Gasteiger partial charge is 0.398 e. The number of benzene rings is 1. The molecule has 0 aliphatic heterocycles. The first-order chi connectivity index (χ1) is 8.69. The minimum atomic E-state index is 0.502. The number of nitriles is 1. The molecule has 0 aliphatic rings. The van der Waals surface area contributed by atoms with Crippen molar-refractivity contribution < 1.29 is 0 Å². The van der Waals surface area contributed by atoms with Gasteiger partial charge in [-0.1, -0.05) is 11.6 Å². The highest BCUT2D eigenvalue weighted by Crippen LogP contribution is 2.22. The predicted octanol–water partition coefficient (Wildman–Crippen LogP) is 3.51. The van der Waals surface area contributed by atoms with Gasteiger partial charge in [0.1, 0.15) is 6.07 Å². The summed E-state index contributed by atoms with van der Waals surface area (Å²) in [6.07, 6.45) is 0.914. The SMILES string of the molecule is N#Cc1ccc(NCCc2ccc(Cl)s2)cc1N. The Morgan fingerprint density at radius 1 is 1.33 bits per heavy atom. The summed E-state index contributed by atoms with van der Waals surface area (Å²) in [6.45, 7) is 0.808. The molecule has 0 amide bonds. The maximum atomic E-state index is 8.77. The van der Waals surface area contributed by atoms with Gasteiger partial charge in [-0.2, -0.15) is 5.26 Å². The third-order valence-corrected chi connectivity index (χ3v) is 3.79. The van der Waals surface area contributed by atoms with Gasteiger partial charge in [0.2, 0.25) is 0 Å². The highest BCUT2D eigenvalue weighted by molar-refractivity contribution is 7.16. The number of thiophene rings is 1. The van der Waals surface area contributed by atoms with Crippen molar-refractivity contribution >= 4 is 34.3 Å². The minimum absolute atomic E-state index is 0.502. The van der Waals surface area contributed by atoms with E-state index in [1.807, 2.05) is 24.3 Å². The fourth-order valence-corrected chi connectivity index (χ4v) is 2.68. The molecule has 3 N–H and O–H groups in total. The van der Waals surface area contributed by atoms with Crippen LogP contribution in [0.2, 0.25) is 4.34 Å². The van der Waals surface area contributed by atoms with Gasteiger partial charge >= 0.3 is 0 Å². The van der Waals surface area contributed by atoms with E-state index in [1.54, 1.807) is 23.5 Å². The lowest BCUT2D eigenvalue weighted by Crippen LogP contribution is -2.04. The molecule has 1 heterocycles. The average molecular weight is 278 g/mol. The summed E-state index contributed by atoms with van der Waals surface area (Å²) >= 11 is 7.45. The molecule has 18 heavy (non-hydrogen) atoms. The molecule has 0 unspecified atom stereocenters. The van der Waals surface area contributed by atoms with Crippen molar-refractivity contribution in [3.8, 4) is 6.07 Å². The normalized spacial score (nSPS) is 10.0. The van der Waals surface area contributed by atoms with Gasteiger partial charge in [0.15, 0.2) is 0 Å². The molecular formula is C13H12ClN3S. The molecule has 0 radical (unpaired) electrons. The maximum absolute atomic E-state index is 8.77. The molecule has 1 aromatic carbocycles. The van der Waals surface area contributed by atoms with Crippen molar-refractivity contribution in [2.75, 3.05) is 17.6 Å². The third-order valence-electron chi connectivity index (χ3n) is 2.50. The highest BCUT2D eigenvalue weighted by atomic mass is 35.5. The Labute approximate surface area is 115 Å². The molecule has 0 bridgehead atoms. The lowest BCUT2D eigenvalue weighted by atomic mass is 10.2. The van der Waals surface area contributed by atoms with Gasteiger partial charge in [-0.3, -0.25) is 0 Å². The zero-order valence-corrected chi connectivity index (χ0v) is 11.2. The van der Waals surface area contributed by atoms with Crippen molar-refractivity contribution in [3.63, 3.8) is 0 Å². The van der Waals surface area contributed by atoms with Gasteiger partial charge in [0.25, 0.3) is 0 Å². The number of anilines is 2. The second kappa shape index (κ2) is 5.76. The summed E-state index contributed by atoms with van der Waals surface area (Å²) in [5.74, 6) is 0. The second-order valence-electron chi connectivity index (χ2n) is 3.80. The van der Waals surface area contributed by atoms with E-state index < -0.39 is 0 Å². The van der Waals surface area contributed by atoms with Crippen LogP contribution in [0, 0.1) is 11.3 Å². The number of rotatable bonds is 4. The van der Waals surface area contributed by atoms with Crippen molar-refractivity contribution in [1.29, 1.82) is 5.26 Å². The van der Waals surface area contributed by atoms with Crippen molar-refractivity contribution in [2.24, 2.45) is 0 Å². The van der Waals surface area contributed by atoms with E-state index in [4.69, 9.17) is 22.6 Å². The summed E-state index contributed by atoms with van der Waals surface area (Å²) in [7, 11) is 0. The topological polar surface area (TPSA) is 61.8 Å². The van der Waals surface area contributed by atoms with Crippen LogP contribution >= 0.6 is 22.9 Å². The molecule has 2 rings (SSSR count). The van der Waals surface area contributed by atoms with Crippen LogP contribution in [0.3, 0.4) is 0 Å². The van der Waals surface area contributed by atoms with Gasteiger partial charge in [0, 0.05) is 17.1 Å². The van der Waals surface area contributed by atoms with Crippen LogP contribution in [0.1, 0.15) is 10.4 Å². The fraction of sp³-hybridized carbons (Fsp3) is 0.154. The summed E-state index contributed by atoms with van der Waals surface area (Å²) in [5.41, 5.74) is 7.67. The number of nitrogens with two attached hydrogens (primary N) is 1. The molecule has 92 valence electrons. The maximum Gasteiger partial charge on any atom is 0.101 e. The quantitative estimate of drug-likeness (QED) is 0.841. The van der Waals surface area contributed by atoms with Crippen LogP contribution < -0.4 is 11.1 Å². The Hall–Kier alpha value is -1.70. The van der Waals surface area contributed by atoms with E-state index in [1.165, 1.54) is 4.88 Å².